The summed E-state index contributed by atoms with van der Waals surface area (Å²) in [5, 5.41) is 2.46. The molecule has 0 heterocycles. The molecule has 0 aromatic rings. The van der Waals surface area contributed by atoms with Crippen molar-refractivity contribution >= 4 is 24.5 Å². The fourth-order valence-electron chi connectivity index (χ4n) is 1.21. The maximum atomic E-state index is 11.6. The van der Waals surface area contributed by atoms with E-state index in [9.17, 15) is 9.59 Å². The molecule has 0 aliphatic rings. The number of halogens is 1. The Bertz CT molecular complexity index is 314. The fraction of sp³-hybridized carbons (Fsp3) is 0.692. The summed E-state index contributed by atoms with van der Waals surface area (Å²) in [5.41, 5.74) is -0.621. The molecular weight excluding hydrogens is 286 g/mol. The first-order valence-electron chi connectivity index (χ1n) is 6.06. The van der Waals surface area contributed by atoms with E-state index in [4.69, 9.17) is 9.47 Å². The number of hydrogen-bond donors (Lipinski definition) is 1. The van der Waals surface area contributed by atoms with Crippen LogP contribution in [0.2, 0.25) is 0 Å². The van der Waals surface area contributed by atoms with Crippen molar-refractivity contribution in [3.05, 3.63) is 12.7 Å². The van der Waals surface area contributed by atoms with Gasteiger partial charge in [-0.3, -0.25) is 0 Å². The molecule has 118 valence electrons. The summed E-state index contributed by atoms with van der Waals surface area (Å²) in [4.78, 5) is 23.1. The normalized spacial score (nSPS) is 11.8. The van der Waals surface area contributed by atoms with E-state index < -0.39 is 23.7 Å². The number of esters is 1. The van der Waals surface area contributed by atoms with Crippen molar-refractivity contribution in [2.24, 2.45) is 0 Å². The average molecular weight is 310 g/mol. The Hall–Kier alpha value is -1.27. The Kier molecular flexibility index (Phi) is 11.1. The van der Waals surface area contributed by atoms with Crippen LogP contribution in [-0.4, -0.2) is 44.0 Å². The number of carbonyl (C=O) groups excluding carboxylic acids is 2. The first-order valence-corrected chi connectivity index (χ1v) is 6.06. The summed E-state index contributed by atoms with van der Waals surface area (Å²) in [6.07, 6.45) is 1.25. The van der Waals surface area contributed by atoms with E-state index in [1.165, 1.54) is 7.11 Å². The molecule has 0 aromatic heterocycles. The largest absolute Gasteiger partial charge is 0.467 e. The lowest BCUT2D eigenvalue weighted by atomic mass is 10.2. The van der Waals surface area contributed by atoms with Crippen LogP contribution in [0.5, 0.6) is 0 Å². The van der Waals surface area contributed by atoms with Gasteiger partial charge in [0.1, 0.15) is 11.6 Å². The van der Waals surface area contributed by atoms with Crippen LogP contribution >= 0.6 is 12.4 Å². The topological polar surface area (TPSA) is 73.9 Å². The third-order valence-corrected chi connectivity index (χ3v) is 1.96. The molecular formula is C13H24ClNO5. The summed E-state index contributed by atoms with van der Waals surface area (Å²) in [5.74, 6) is -0.534. The first-order chi connectivity index (χ1) is 8.80. The minimum atomic E-state index is -0.787. The number of methoxy groups -OCH3 is 1. The Morgan fingerprint density at radius 1 is 1.35 bits per heavy atom. The number of carbonyl (C=O) groups is 2. The molecule has 0 fully saturated rings. The van der Waals surface area contributed by atoms with Crippen LogP contribution in [0.25, 0.3) is 0 Å². The molecule has 0 spiro atoms. The van der Waals surface area contributed by atoms with E-state index in [1.807, 2.05) is 0 Å². The van der Waals surface area contributed by atoms with Gasteiger partial charge >= 0.3 is 12.1 Å². The third kappa shape index (κ3) is 10.6. The van der Waals surface area contributed by atoms with Gasteiger partial charge in [0.05, 0.1) is 13.7 Å². The average Bonchev–Trinajstić information content (AvgIpc) is 2.29. The smallest absolute Gasteiger partial charge is 0.408 e. The van der Waals surface area contributed by atoms with Gasteiger partial charge in [0, 0.05) is 13.0 Å². The molecule has 7 heteroatoms. The van der Waals surface area contributed by atoms with E-state index in [1.54, 1.807) is 26.8 Å². The van der Waals surface area contributed by atoms with Crippen molar-refractivity contribution < 1.29 is 23.8 Å². The molecule has 0 saturated carbocycles. The zero-order chi connectivity index (χ0) is 14.9. The molecule has 0 radical (unpaired) electrons. The number of alkyl carbamates (subject to hydrolysis) is 1. The molecule has 6 nitrogen and oxygen atoms in total. The minimum absolute atomic E-state index is 0. The van der Waals surface area contributed by atoms with Crippen LogP contribution < -0.4 is 5.32 Å². The summed E-state index contributed by atoms with van der Waals surface area (Å²) in [7, 11) is 1.26. The summed E-state index contributed by atoms with van der Waals surface area (Å²) >= 11 is 0. The lowest BCUT2D eigenvalue weighted by molar-refractivity contribution is -0.143. The van der Waals surface area contributed by atoms with Crippen LogP contribution in [0.1, 0.15) is 27.2 Å². The van der Waals surface area contributed by atoms with Gasteiger partial charge < -0.3 is 19.5 Å². The summed E-state index contributed by atoms with van der Waals surface area (Å²) in [6, 6.07) is -0.787. The zero-order valence-corrected chi connectivity index (χ0v) is 13.2. The van der Waals surface area contributed by atoms with Crippen LogP contribution in [-0.2, 0) is 19.0 Å². The van der Waals surface area contributed by atoms with Crippen LogP contribution in [0, 0.1) is 0 Å². The predicted molar refractivity (Wildman–Crippen MR) is 78.1 cm³/mol. The van der Waals surface area contributed by atoms with Crippen LogP contribution in [0.15, 0.2) is 12.7 Å². The van der Waals surface area contributed by atoms with Gasteiger partial charge in [-0.05, 0) is 20.8 Å². The second-order valence-corrected chi connectivity index (χ2v) is 4.87. The molecule has 0 rings (SSSR count). The van der Waals surface area contributed by atoms with Crippen molar-refractivity contribution in [2.45, 2.75) is 38.8 Å². The van der Waals surface area contributed by atoms with E-state index in [-0.39, 0.29) is 12.4 Å². The number of amides is 1. The Morgan fingerprint density at radius 3 is 2.40 bits per heavy atom. The second kappa shape index (κ2) is 10.5. The number of hydrogen-bond acceptors (Lipinski definition) is 5. The summed E-state index contributed by atoms with van der Waals surface area (Å²) in [6.45, 7) is 9.44. The van der Waals surface area contributed by atoms with Gasteiger partial charge in [0.25, 0.3) is 0 Å². The quantitative estimate of drug-likeness (QED) is 0.443. The van der Waals surface area contributed by atoms with Crippen LogP contribution in [0.3, 0.4) is 0 Å². The van der Waals surface area contributed by atoms with Crippen LogP contribution in [0.4, 0.5) is 4.79 Å². The standard InChI is InChI=1S/C13H23NO5.ClH/c1-6-8-18-9-7-10(11(15)17-5)14-12(16)19-13(2,3)4;/h6,10H,1,7-9H2,2-5H3,(H,14,16);1H/t10-;/m0./s1. The Balaban J connectivity index is 0. The molecule has 0 unspecified atom stereocenters. The van der Waals surface area contributed by atoms with Crippen molar-refractivity contribution in [3.63, 3.8) is 0 Å². The lowest BCUT2D eigenvalue weighted by Gasteiger charge is -2.22. The van der Waals surface area contributed by atoms with Gasteiger partial charge in [-0.2, -0.15) is 0 Å². The molecule has 1 N–H and O–H groups in total. The van der Waals surface area contributed by atoms with Gasteiger partial charge in [-0.15, -0.1) is 19.0 Å². The van der Waals surface area contributed by atoms with Gasteiger partial charge in [0.2, 0.25) is 0 Å². The summed E-state index contributed by atoms with van der Waals surface area (Å²) < 4.78 is 14.9. The molecule has 0 aliphatic carbocycles. The SMILES string of the molecule is C=CCOCC[C@H](NC(=O)OC(C)(C)C)C(=O)OC.Cl. The zero-order valence-electron chi connectivity index (χ0n) is 12.4. The van der Waals surface area contributed by atoms with Gasteiger partial charge in [-0.1, -0.05) is 6.08 Å². The third-order valence-electron chi connectivity index (χ3n) is 1.96. The highest BCUT2D eigenvalue weighted by molar-refractivity contribution is 5.85. The minimum Gasteiger partial charge on any atom is -0.467 e. The number of rotatable bonds is 7. The molecule has 0 aliphatic heterocycles. The van der Waals surface area contributed by atoms with Crippen molar-refractivity contribution in [3.8, 4) is 0 Å². The first kappa shape index (κ1) is 21.0. The van der Waals surface area contributed by atoms with E-state index in [0.717, 1.165) is 0 Å². The molecule has 0 saturated heterocycles. The number of ether oxygens (including phenoxy) is 3. The highest BCUT2D eigenvalue weighted by atomic mass is 35.5. The highest BCUT2D eigenvalue weighted by Gasteiger charge is 2.24. The molecule has 1 atom stereocenters. The Labute approximate surface area is 126 Å². The fourth-order valence-corrected chi connectivity index (χ4v) is 1.21. The van der Waals surface area contributed by atoms with Gasteiger partial charge in [0.15, 0.2) is 0 Å². The maximum absolute atomic E-state index is 11.6. The van der Waals surface area contributed by atoms with E-state index in [0.29, 0.717) is 19.6 Å². The Morgan fingerprint density at radius 2 is 1.95 bits per heavy atom. The molecule has 1 amide bonds. The van der Waals surface area contributed by atoms with E-state index >= 15 is 0 Å². The highest BCUT2D eigenvalue weighted by Crippen LogP contribution is 2.07. The second-order valence-electron chi connectivity index (χ2n) is 4.87. The van der Waals surface area contributed by atoms with Crippen molar-refractivity contribution in [1.29, 1.82) is 0 Å². The van der Waals surface area contributed by atoms with Gasteiger partial charge in [-0.25, -0.2) is 9.59 Å². The van der Waals surface area contributed by atoms with Crippen molar-refractivity contribution in [2.75, 3.05) is 20.3 Å². The predicted octanol–water partition coefficient (Wildman–Crippen LogP) is 2.07. The molecule has 0 bridgehead atoms. The van der Waals surface area contributed by atoms with Crippen molar-refractivity contribution in [1.82, 2.24) is 5.32 Å². The maximum Gasteiger partial charge on any atom is 0.408 e. The lowest BCUT2D eigenvalue weighted by Crippen LogP contribution is -2.44. The molecule has 0 aromatic carbocycles. The monoisotopic (exact) mass is 309 g/mol. The van der Waals surface area contributed by atoms with E-state index in [2.05, 4.69) is 16.6 Å². The molecule has 20 heavy (non-hydrogen) atoms. The number of nitrogens with one attached hydrogen (secondary N) is 1.